The highest BCUT2D eigenvalue weighted by molar-refractivity contribution is 6.22. The maximum atomic E-state index is 12.4. The highest BCUT2D eigenvalue weighted by atomic mass is 16.2. The first-order chi connectivity index (χ1) is 13.4. The van der Waals surface area contributed by atoms with Crippen molar-refractivity contribution in [2.24, 2.45) is 0 Å². The molecule has 1 aliphatic heterocycles. The summed E-state index contributed by atoms with van der Waals surface area (Å²) in [5.41, 5.74) is 2.14. The third-order valence-corrected chi connectivity index (χ3v) is 4.58. The molecule has 4 amide bonds. The van der Waals surface area contributed by atoms with Crippen LogP contribution in [0.5, 0.6) is 0 Å². The number of imide groups is 1. The predicted molar refractivity (Wildman–Crippen MR) is 103 cm³/mol. The summed E-state index contributed by atoms with van der Waals surface area (Å²) in [6.07, 6.45) is 0. The van der Waals surface area contributed by atoms with Crippen molar-refractivity contribution in [1.82, 2.24) is 15.5 Å². The van der Waals surface area contributed by atoms with Crippen LogP contribution < -0.4 is 10.6 Å². The van der Waals surface area contributed by atoms with E-state index in [9.17, 15) is 19.2 Å². The van der Waals surface area contributed by atoms with Crippen LogP contribution in [0.25, 0.3) is 0 Å². The molecule has 3 rings (SSSR count). The average molecular weight is 379 g/mol. The monoisotopic (exact) mass is 379 g/mol. The summed E-state index contributed by atoms with van der Waals surface area (Å²) in [6.45, 7) is 3.82. The first-order valence-electron chi connectivity index (χ1n) is 8.99. The zero-order valence-electron chi connectivity index (χ0n) is 15.7. The van der Waals surface area contributed by atoms with Crippen molar-refractivity contribution in [3.63, 3.8) is 0 Å². The van der Waals surface area contributed by atoms with Crippen LogP contribution in [0, 0.1) is 6.92 Å². The van der Waals surface area contributed by atoms with E-state index in [4.69, 9.17) is 0 Å². The Bertz CT molecular complexity index is 919. The Balaban J connectivity index is 1.51. The molecule has 144 valence electrons. The normalized spacial score (nSPS) is 13.9. The van der Waals surface area contributed by atoms with Gasteiger partial charge in [0.05, 0.1) is 11.1 Å². The number of carbonyl (C=O) groups is 4. The van der Waals surface area contributed by atoms with Gasteiger partial charge in [0.25, 0.3) is 17.7 Å². The van der Waals surface area contributed by atoms with Gasteiger partial charge in [0, 0.05) is 18.7 Å². The van der Waals surface area contributed by atoms with Gasteiger partial charge in [-0.15, -0.1) is 0 Å². The van der Waals surface area contributed by atoms with E-state index in [-0.39, 0.29) is 19.0 Å². The van der Waals surface area contributed by atoms with E-state index >= 15 is 0 Å². The third-order valence-electron chi connectivity index (χ3n) is 4.58. The zero-order valence-corrected chi connectivity index (χ0v) is 15.7. The molecule has 0 aliphatic carbocycles. The van der Waals surface area contributed by atoms with Gasteiger partial charge in [-0.2, -0.15) is 0 Å². The molecule has 28 heavy (non-hydrogen) atoms. The van der Waals surface area contributed by atoms with Gasteiger partial charge in [-0.3, -0.25) is 24.1 Å². The Morgan fingerprint density at radius 3 is 2.14 bits per heavy atom. The number of nitrogens with one attached hydrogen (secondary N) is 2. The van der Waals surface area contributed by atoms with Crippen LogP contribution >= 0.6 is 0 Å². The molecule has 0 bridgehead atoms. The molecule has 0 saturated carbocycles. The Hall–Kier alpha value is -3.48. The van der Waals surface area contributed by atoms with Crippen LogP contribution in [0.2, 0.25) is 0 Å². The maximum Gasteiger partial charge on any atom is 0.262 e. The van der Waals surface area contributed by atoms with Crippen LogP contribution in [0.15, 0.2) is 48.5 Å². The van der Waals surface area contributed by atoms with Crippen molar-refractivity contribution in [3.8, 4) is 0 Å². The Morgan fingerprint density at radius 1 is 0.929 bits per heavy atom. The fourth-order valence-corrected chi connectivity index (χ4v) is 3.07. The molecule has 2 aromatic rings. The second kappa shape index (κ2) is 8.04. The summed E-state index contributed by atoms with van der Waals surface area (Å²) < 4.78 is 0. The molecule has 0 fully saturated rings. The van der Waals surface area contributed by atoms with Gasteiger partial charge in [-0.05, 0) is 38.1 Å². The molecule has 2 N–H and O–H groups in total. The average Bonchev–Trinajstić information content (AvgIpc) is 2.95. The number of amides is 4. The van der Waals surface area contributed by atoms with Crippen molar-refractivity contribution in [1.29, 1.82) is 0 Å². The molecule has 1 heterocycles. The predicted octanol–water partition coefficient (Wildman–Crippen LogP) is 1.53. The number of benzene rings is 2. The molecule has 0 spiro atoms. The van der Waals surface area contributed by atoms with Gasteiger partial charge in [-0.25, -0.2) is 0 Å². The zero-order chi connectivity index (χ0) is 20.3. The van der Waals surface area contributed by atoms with Crippen LogP contribution in [-0.4, -0.2) is 47.7 Å². The standard InChI is InChI=1S/C21H21N3O4/c1-13-6-5-7-15(12-13)19(26)23-11-10-22-18(25)14(2)24-20(27)16-8-3-4-9-17(16)21(24)28/h3-9,12,14H,10-11H2,1-2H3,(H,22,25)(H,23,26). The summed E-state index contributed by atoms with van der Waals surface area (Å²) in [6, 6.07) is 12.7. The first kappa shape index (κ1) is 19.3. The van der Waals surface area contributed by atoms with E-state index in [1.54, 1.807) is 42.5 Å². The number of hydrogen-bond acceptors (Lipinski definition) is 4. The van der Waals surface area contributed by atoms with E-state index in [1.807, 2.05) is 13.0 Å². The second-order valence-electron chi connectivity index (χ2n) is 6.62. The van der Waals surface area contributed by atoms with Crippen molar-refractivity contribution in [2.45, 2.75) is 19.9 Å². The minimum absolute atomic E-state index is 0.184. The SMILES string of the molecule is Cc1cccc(C(=O)NCCNC(=O)C(C)N2C(=O)c3ccccc3C2=O)c1. The first-order valence-corrected chi connectivity index (χ1v) is 8.99. The summed E-state index contributed by atoms with van der Waals surface area (Å²) in [5, 5.41) is 5.37. The van der Waals surface area contributed by atoms with Crippen LogP contribution in [0.1, 0.15) is 43.6 Å². The van der Waals surface area contributed by atoms with Crippen LogP contribution in [0.4, 0.5) is 0 Å². The fourth-order valence-electron chi connectivity index (χ4n) is 3.07. The van der Waals surface area contributed by atoms with Gasteiger partial charge in [0.1, 0.15) is 6.04 Å². The molecule has 2 aromatic carbocycles. The lowest BCUT2D eigenvalue weighted by molar-refractivity contribution is -0.124. The molecule has 0 radical (unpaired) electrons. The number of rotatable bonds is 6. The second-order valence-corrected chi connectivity index (χ2v) is 6.62. The number of fused-ring (bicyclic) bond motifs is 1. The van der Waals surface area contributed by atoms with Crippen molar-refractivity contribution < 1.29 is 19.2 Å². The lowest BCUT2D eigenvalue weighted by atomic mass is 10.1. The van der Waals surface area contributed by atoms with Crippen molar-refractivity contribution in [2.75, 3.05) is 13.1 Å². The van der Waals surface area contributed by atoms with E-state index in [0.717, 1.165) is 10.5 Å². The lowest BCUT2D eigenvalue weighted by Crippen LogP contribution is -2.49. The molecular formula is C21H21N3O4. The summed E-state index contributed by atoms with van der Waals surface area (Å²) in [5.74, 6) is -1.64. The van der Waals surface area contributed by atoms with E-state index in [2.05, 4.69) is 10.6 Å². The van der Waals surface area contributed by atoms with E-state index in [1.165, 1.54) is 6.92 Å². The number of hydrogen-bond donors (Lipinski definition) is 2. The van der Waals surface area contributed by atoms with Crippen molar-refractivity contribution >= 4 is 23.6 Å². The molecule has 7 heteroatoms. The molecule has 0 aromatic heterocycles. The summed E-state index contributed by atoms with van der Waals surface area (Å²) in [7, 11) is 0. The fraction of sp³-hybridized carbons (Fsp3) is 0.238. The molecule has 7 nitrogen and oxygen atoms in total. The summed E-state index contributed by atoms with van der Waals surface area (Å²) >= 11 is 0. The molecule has 1 aliphatic rings. The maximum absolute atomic E-state index is 12.4. The molecular weight excluding hydrogens is 358 g/mol. The van der Waals surface area contributed by atoms with E-state index < -0.39 is 23.8 Å². The number of aryl methyl sites for hydroxylation is 1. The van der Waals surface area contributed by atoms with Crippen LogP contribution in [-0.2, 0) is 4.79 Å². The van der Waals surface area contributed by atoms with Gasteiger partial charge in [-0.1, -0.05) is 29.8 Å². The highest BCUT2D eigenvalue weighted by Gasteiger charge is 2.40. The largest absolute Gasteiger partial charge is 0.353 e. The molecule has 1 unspecified atom stereocenters. The third kappa shape index (κ3) is 3.78. The van der Waals surface area contributed by atoms with Crippen LogP contribution in [0.3, 0.4) is 0 Å². The smallest absolute Gasteiger partial charge is 0.262 e. The highest BCUT2D eigenvalue weighted by Crippen LogP contribution is 2.24. The number of carbonyl (C=O) groups excluding carboxylic acids is 4. The van der Waals surface area contributed by atoms with Gasteiger partial charge < -0.3 is 10.6 Å². The van der Waals surface area contributed by atoms with Crippen molar-refractivity contribution in [3.05, 3.63) is 70.8 Å². The molecule has 0 saturated heterocycles. The lowest BCUT2D eigenvalue weighted by Gasteiger charge is -2.21. The molecule has 1 atom stereocenters. The van der Waals surface area contributed by atoms with Gasteiger partial charge >= 0.3 is 0 Å². The number of nitrogens with zero attached hydrogens (tertiary/aromatic N) is 1. The minimum atomic E-state index is -0.945. The minimum Gasteiger partial charge on any atom is -0.353 e. The van der Waals surface area contributed by atoms with Gasteiger partial charge in [0.15, 0.2) is 0 Å². The Kier molecular flexibility index (Phi) is 5.54. The van der Waals surface area contributed by atoms with E-state index in [0.29, 0.717) is 16.7 Å². The van der Waals surface area contributed by atoms with Gasteiger partial charge in [0.2, 0.25) is 5.91 Å². The summed E-state index contributed by atoms with van der Waals surface area (Å²) in [4.78, 5) is 50.2. The Labute approximate surface area is 162 Å². The topological polar surface area (TPSA) is 95.6 Å². The quantitative estimate of drug-likeness (QED) is 0.588. The Morgan fingerprint density at radius 2 is 1.54 bits per heavy atom.